The van der Waals surface area contributed by atoms with Crippen LogP contribution in [-0.4, -0.2) is 29.1 Å². The molecule has 0 aliphatic carbocycles. The van der Waals surface area contributed by atoms with Crippen molar-refractivity contribution in [1.29, 1.82) is 0 Å². The fraction of sp³-hybridized carbons (Fsp3) is 0.385. The molecule has 0 aromatic carbocycles. The van der Waals surface area contributed by atoms with E-state index in [9.17, 15) is 4.79 Å². The Balaban J connectivity index is 2.82. The van der Waals surface area contributed by atoms with E-state index in [1.54, 1.807) is 18.0 Å². The lowest BCUT2D eigenvalue weighted by atomic mass is 10.1. The average molecular weight is 232 g/mol. The number of aliphatic carboxylic acids is 1. The Hall–Kier alpha value is -2.02. The molecule has 4 heteroatoms. The largest absolute Gasteiger partial charge is 0.481 e. The van der Waals surface area contributed by atoms with Crippen LogP contribution in [0.5, 0.6) is 0 Å². The van der Waals surface area contributed by atoms with Gasteiger partial charge in [0.15, 0.2) is 0 Å². The van der Waals surface area contributed by atoms with Crippen LogP contribution in [0.3, 0.4) is 0 Å². The zero-order valence-electron chi connectivity index (χ0n) is 10.1. The molecule has 0 saturated carbocycles. The Kier molecular flexibility index (Phi) is 4.53. The zero-order valence-corrected chi connectivity index (χ0v) is 10.1. The molecule has 0 aliphatic rings. The summed E-state index contributed by atoms with van der Waals surface area (Å²) >= 11 is 0. The van der Waals surface area contributed by atoms with Crippen molar-refractivity contribution in [3.63, 3.8) is 0 Å². The van der Waals surface area contributed by atoms with E-state index in [-0.39, 0.29) is 0 Å². The first-order valence-corrected chi connectivity index (χ1v) is 5.38. The van der Waals surface area contributed by atoms with Crippen LogP contribution in [0.1, 0.15) is 12.5 Å². The van der Waals surface area contributed by atoms with E-state index in [1.165, 1.54) is 0 Å². The van der Waals surface area contributed by atoms with Gasteiger partial charge < -0.3 is 10.0 Å². The van der Waals surface area contributed by atoms with Gasteiger partial charge in [-0.3, -0.25) is 4.79 Å². The summed E-state index contributed by atoms with van der Waals surface area (Å²) in [5, 5.41) is 8.89. The first-order chi connectivity index (χ1) is 8.04. The monoisotopic (exact) mass is 232 g/mol. The molecule has 1 atom stereocenters. The van der Waals surface area contributed by atoms with E-state index in [0.717, 1.165) is 5.56 Å². The minimum absolute atomic E-state index is 0.355. The van der Waals surface area contributed by atoms with Crippen LogP contribution in [0.2, 0.25) is 0 Å². The summed E-state index contributed by atoms with van der Waals surface area (Å²) in [6.45, 7) is 4.31. The SMILES string of the molecule is C#CCN(CC(C)C(=O)O)c1ccc(C)cn1. The highest BCUT2D eigenvalue weighted by atomic mass is 16.4. The van der Waals surface area contributed by atoms with Gasteiger partial charge in [0.1, 0.15) is 5.82 Å². The van der Waals surface area contributed by atoms with Gasteiger partial charge in [0.2, 0.25) is 0 Å². The van der Waals surface area contributed by atoms with Gasteiger partial charge in [-0.25, -0.2) is 4.98 Å². The normalized spacial score (nSPS) is 11.6. The van der Waals surface area contributed by atoms with Crippen LogP contribution in [0.15, 0.2) is 18.3 Å². The summed E-state index contributed by atoms with van der Waals surface area (Å²) in [5.41, 5.74) is 1.06. The molecule has 0 amide bonds. The lowest BCUT2D eigenvalue weighted by Gasteiger charge is -2.23. The molecule has 1 N–H and O–H groups in total. The van der Waals surface area contributed by atoms with E-state index in [0.29, 0.717) is 18.9 Å². The Morgan fingerprint density at radius 1 is 1.65 bits per heavy atom. The van der Waals surface area contributed by atoms with Gasteiger partial charge in [-0.05, 0) is 18.6 Å². The Bertz CT molecular complexity index is 420. The van der Waals surface area contributed by atoms with Crippen LogP contribution in [-0.2, 0) is 4.79 Å². The second-order valence-corrected chi connectivity index (χ2v) is 4.02. The second kappa shape index (κ2) is 5.90. The van der Waals surface area contributed by atoms with Crippen molar-refractivity contribution in [2.24, 2.45) is 5.92 Å². The minimum atomic E-state index is -0.834. The number of hydrogen-bond acceptors (Lipinski definition) is 3. The summed E-state index contributed by atoms with van der Waals surface area (Å²) in [5.74, 6) is 1.91. The van der Waals surface area contributed by atoms with E-state index >= 15 is 0 Å². The minimum Gasteiger partial charge on any atom is -0.481 e. The maximum atomic E-state index is 10.8. The third kappa shape index (κ3) is 3.80. The number of terminal acetylenes is 1. The van der Waals surface area contributed by atoms with E-state index in [2.05, 4.69) is 10.9 Å². The molecular formula is C13H16N2O2. The number of pyridine rings is 1. The van der Waals surface area contributed by atoms with Crippen molar-refractivity contribution in [3.8, 4) is 12.3 Å². The van der Waals surface area contributed by atoms with E-state index in [4.69, 9.17) is 11.5 Å². The molecule has 0 bridgehead atoms. The van der Waals surface area contributed by atoms with Gasteiger partial charge in [0.25, 0.3) is 0 Å². The predicted molar refractivity (Wildman–Crippen MR) is 66.8 cm³/mol. The molecule has 4 nitrogen and oxygen atoms in total. The number of hydrogen-bond donors (Lipinski definition) is 1. The maximum Gasteiger partial charge on any atom is 0.308 e. The second-order valence-electron chi connectivity index (χ2n) is 4.02. The molecule has 0 spiro atoms. The van der Waals surface area contributed by atoms with Gasteiger partial charge in [-0.15, -0.1) is 6.42 Å². The van der Waals surface area contributed by atoms with Crippen LogP contribution >= 0.6 is 0 Å². The fourth-order valence-corrected chi connectivity index (χ4v) is 1.41. The number of carboxylic acid groups (broad SMARTS) is 1. The van der Waals surface area contributed by atoms with Crippen molar-refractivity contribution < 1.29 is 9.90 Å². The van der Waals surface area contributed by atoms with Gasteiger partial charge in [-0.2, -0.15) is 0 Å². The summed E-state index contributed by atoms with van der Waals surface area (Å²) in [6, 6.07) is 3.78. The van der Waals surface area contributed by atoms with Crippen molar-refractivity contribution in [2.45, 2.75) is 13.8 Å². The molecule has 0 fully saturated rings. The molecule has 0 aliphatic heterocycles. The van der Waals surface area contributed by atoms with Gasteiger partial charge in [0.05, 0.1) is 12.5 Å². The molecule has 90 valence electrons. The lowest BCUT2D eigenvalue weighted by Crippen LogP contribution is -2.32. The lowest BCUT2D eigenvalue weighted by molar-refractivity contribution is -0.140. The van der Waals surface area contributed by atoms with E-state index in [1.807, 2.05) is 19.1 Å². The zero-order chi connectivity index (χ0) is 12.8. The van der Waals surface area contributed by atoms with Crippen molar-refractivity contribution in [1.82, 2.24) is 4.98 Å². The molecule has 0 saturated heterocycles. The quantitative estimate of drug-likeness (QED) is 0.783. The highest BCUT2D eigenvalue weighted by molar-refractivity contribution is 5.70. The van der Waals surface area contributed by atoms with Crippen molar-refractivity contribution in [2.75, 3.05) is 18.0 Å². The first-order valence-electron chi connectivity index (χ1n) is 5.38. The maximum absolute atomic E-state index is 10.8. The standard InChI is InChI=1S/C13H16N2O2/c1-4-7-15(9-11(3)13(16)17)12-6-5-10(2)8-14-12/h1,5-6,8,11H,7,9H2,2-3H3,(H,16,17). The van der Waals surface area contributed by atoms with Gasteiger partial charge >= 0.3 is 5.97 Å². The summed E-state index contributed by atoms with van der Waals surface area (Å²) in [4.78, 5) is 16.9. The van der Waals surface area contributed by atoms with Crippen LogP contribution in [0, 0.1) is 25.2 Å². The molecule has 1 heterocycles. The predicted octanol–water partition coefficient (Wildman–Crippen LogP) is 1.55. The first kappa shape index (κ1) is 13.0. The number of anilines is 1. The molecule has 1 aromatic heterocycles. The topological polar surface area (TPSA) is 53.4 Å². The number of aromatic nitrogens is 1. The van der Waals surface area contributed by atoms with E-state index < -0.39 is 11.9 Å². The molecule has 17 heavy (non-hydrogen) atoms. The van der Waals surface area contributed by atoms with Crippen molar-refractivity contribution in [3.05, 3.63) is 23.9 Å². The highest BCUT2D eigenvalue weighted by Gasteiger charge is 2.16. The molecule has 1 aromatic rings. The fourth-order valence-electron chi connectivity index (χ4n) is 1.41. The third-order valence-corrected chi connectivity index (χ3v) is 2.42. The molecule has 1 rings (SSSR count). The van der Waals surface area contributed by atoms with Crippen LogP contribution < -0.4 is 4.90 Å². The highest BCUT2D eigenvalue weighted by Crippen LogP contribution is 2.12. The van der Waals surface area contributed by atoms with Crippen LogP contribution in [0.4, 0.5) is 5.82 Å². The summed E-state index contributed by atoms with van der Waals surface area (Å²) in [7, 11) is 0. The third-order valence-electron chi connectivity index (χ3n) is 2.42. The Morgan fingerprint density at radius 2 is 2.35 bits per heavy atom. The Labute approximate surface area is 101 Å². The van der Waals surface area contributed by atoms with Gasteiger partial charge in [-0.1, -0.05) is 18.9 Å². The Morgan fingerprint density at radius 3 is 2.82 bits per heavy atom. The van der Waals surface area contributed by atoms with Crippen molar-refractivity contribution >= 4 is 11.8 Å². The number of aryl methyl sites for hydroxylation is 1. The number of carbonyl (C=O) groups is 1. The number of carboxylic acids is 1. The van der Waals surface area contributed by atoms with Gasteiger partial charge in [0, 0.05) is 12.7 Å². The van der Waals surface area contributed by atoms with Crippen LogP contribution in [0.25, 0.3) is 0 Å². The number of rotatable bonds is 5. The summed E-state index contributed by atoms with van der Waals surface area (Å²) in [6.07, 6.45) is 7.02. The molecular weight excluding hydrogens is 216 g/mol. The molecule has 0 radical (unpaired) electrons. The number of nitrogens with zero attached hydrogens (tertiary/aromatic N) is 2. The summed E-state index contributed by atoms with van der Waals surface area (Å²) < 4.78 is 0. The average Bonchev–Trinajstić information content (AvgIpc) is 2.29. The molecule has 1 unspecified atom stereocenters. The smallest absolute Gasteiger partial charge is 0.308 e.